The van der Waals surface area contributed by atoms with E-state index in [-0.39, 0.29) is 5.75 Å². The van der Waals surface area contributed by atoms with Crippen LogP contribution >= 0.6 is 11.6 Å². The van der Waals surface area contributed by atoms with E-state index in [9.17, 15) is 9.90 Å². The van der Waals surface area contributed by atoms with Crippen molar-refractivity contribution < 1.29 is 19.4 Å². The minimum atomic E-state index is 0.0165. The molecule has 0 saturated carbocycles. The highest BCUT2D eigenvalue weighted by molar-refractivity contribution is 6.30. The fourth-order valence-electron chi connectivity index (χ4n) is 3.41. The smallest absolute Gasteiger partial charge is 0.161 e. The van der Waals surface area contributed by atoms with Crippen LogP contribution in [0.5, 0.6) is 23.0 Å². The molecule has 0 amide bonds. The monoisotopic (exact) mass is 487 g/mol. The lowest BCUT2D eigenvalue weighted by Gasteiger charge is -2.11. The zero-order valence-corrected chi connectivity index (χ0v) is 19.8. The Labute approximate surface area is 206 Å². The zero-order valence-electron chi connectivity index (χ0n) is 19.0. The number of ether oxygens (including phenoxy) is 2. The Bertz CT molecular complexity index is 1510. The van der Waals surface area contributed by atoms with Crippen LogP contribution in [0.4, 0.5) is 5.69 Å². The average molecular weight is 488 g/mol. The van der Waals surface area contributed by atoms with E-state index in [1.807, 2.05) is 43.4 Å². The van der Waals surface area contributed by atoms with Gasteiger partial charge in [-0.15, -0.1) is 0 Å². The summed E-state index contributed by atoms with van der Waals surface area (Å²) in [5, 5.41) is 15.2. The number of halogens is 1. The van der Waals surface area contributed by atoms with Crippen LogP contribution in [0.15, 0.2) is 79.1 Å². The quantitative estimate of drug-likeness (QED) is 0.274. The maximum atomic E-state index is 10.9. The highest BCUT2D eigenvalue weighted by Gasteiger charge is 2.10. The second-order valence-electron chi connectivity index (χ2n) is 7.45. The van der Waals surface area contributed by atoms with Gasteiger partial charge in [0.25, 0.3) is 0 Å². The number of aromatic hydroxyl groups is 1. The summed E-state index contributed by atoms with van der Waals surface area (Å²) in [4.78, 5) is 19.4. The predicted octanol–water partition coefficient (Wildman–Crippen LogP) is 6.48. The lowest BCUT2D eigenvalue weighted by Crippen LogP contribution is -1.91. The molecular weight excluding hydrogens is 466 g/mol. The van der Waals surface area contributed by atoms with E-state index in [4.69, 9.17) is 21.1 Å². The van der Waals surface area contributed by atoms with Crippen molar-refractivity contribution in [3.05, 3.63) is 89.7 Å². The van der Waals surface area contributed by atoms with E-state index in [0.29, 0.717) is 33.7 Å². The average Bonchev–Trinajstić information content (AvgIpc) is 2.88. The second kappa shape index (κ2) is 10.7. The second-order valence-corrected chi connectivity index (χ2v) is 7.89. The summed E-state index contributed by atoms with van der Waals surface area (Å²) in [5.41, 5.74) is 2.91. The van der Waals surface area contributed by atoms with Crippen molar-refractivity contribution in [2.45, 2.75) is 0 Å². The van der Waals surface area contributed by atoms with Crippen LogP contribution in [0, 0.1) is 0 Å². The van der Waals surface area contributed by atoms with Gasteiger partial charge in [-0.1, -0.05) is 17.7 Å². The van der Waals surface area contributed by atoms with Gasteiger partial charge in [0.05, 0.1) is 18.1 Å². The fraction of sp³-hybridized carbons (Fsp3) is 0.0741. The standard InChI is InChI=1S/C20H14N2O4.C7H8ClN/c1-25-20-8-15-17(9-18(20)24)21-5-4-19(15)26-14-2-3-16-13(7-14)6-12(11-23)10-22-16;1-9-7-4-2-3-6(8)5-7/h2-11,24H,1H3;2-5,9H,1H3. The van der Waals surface area contributed by atoms with Gasteiger partial charge in [0, 0.05) is 52.6 Å². The number of nitrogens with zero attached hydrogens (tertiary/aromatic N) is 2. The minimum Gasteiger partial charge on any atom is -0.504 e. The Balaban J connectivity index is 0.000000271. The molecule has 7 nitrogen and oxygen atoms in total. The molecule has 2 aromatic heterocycles. The molecule has 35 heavy (non-hydrogen) atoms. The van der Waals surface area contributed by atoms with E-state index in [1.165, 1.54) is 19.4 Å². The number of methoxy groups -OCH3 is 1. The van der Waals surface area contributed by atoms with Crippen molar-refractivity contribution in [2.24, 2.45) is 0 Å². The minimum absolute atomic E-state index is 0.0165. The molecule has 5 rings (SSSR count). The number of benzene rings is 3. The summed E-state index contributed by atoms with van der Waals surface area (Å²) < 4.78 is 11.2. The third-order valence-electron chi connectivity index (χ3n) is 5.15. The molecule has 0 aliphatic rings. The summed E-state index contributed by atoms with van der Waals surface area (Å²) in [7, 11) is 3.35. The van der Waals surface area contributed by atoms with Gasteiger partial charge >= 0.3 is 0 Å². The van der Waals surface area contributed by atoms with Crippen molar-refractivity contribution >= 4 is 45.4 Å². The molecular formula is C27H22ClN3O4. The molecule has 0 unspecified atom stereocenters. The number of hydrogen-bond donors (Lipinski definition) is 2. The highest BCUT2D eigenvalue weighted by atomic mass is 35.5. The molecule has 0 fully saturated rings. The first kappa shape index (κ1) is 23.8. The van der Waals surface area contributed by atoms with Crippen LogP contribution in [0.3, 0.4) is 0 Å². The fourth-order valence-corrected chi connectivity index (χ4v) is 3.60. The maximum absolute atomic E-state index is 10.9. The zero-order chi connectivity index (χ0) is 24.8. The molecule has 2 heterocycles. The van der Waals surface area contributed by atoms with Gasteiger partial charge in [-0.3, -0.25) is 14.8 Å². The number of aromatic nitrogens is 2. The van der Waals surface area contributed by atoms with E-state index in [2.05, 4.69) is 15.3 Å². The van der Waals surface area contributed by atoms with Crippen LogP contribution in [-0.4, -0.2) is 35.5 Å². The summed E-state index contributed by atoms with van der Waals surface area (Å²) in [5.74, 6) is 1.53. The molecule has 0 aliphatic carbocycles. The highest BCUT2D eigenvalue weighted by Crippen LogP contribution is 2.36. The molecule has 0 aliphatic heterocycles. The molecule has 0 radical (unpaired) electrons. The van der Waals surface area contributed by atoms with Gasteiger partial charge < -0.3 is 19.9 Å². The number of aldehydes is 1. The first-order valence-electron chi connectivity index (χ1n) is 10.6. The van der Waals surface area contributed by atoms with Crippen molar-refractivity contribution in [3.63, 3.8) is 0 Å². The first-order chi connectivity index (χ1) is 17.0. The third kappa shape index (κ3) is 5.59. The maximum Gasteiger partial charge on any atom is 0.161 e. The topological polar surface area (TPSA) is 93.6 Å². The lowest BCUT2D eigenvalue weighted by molar-refractivity contribution is 0.112. The number of pyridine rings is 2. The predicted molar refractivity (Wildman–Crippen MR) is 138 cm³/mol. The van der Waals surface area contributed by atoms with E-state index >= 15 is 0 Å². The number of phenolic OH excluding ortho intramolecular Hbond substituents is 1. The lowest BCUT2D eigenvalue weighted by atomic mass is 10.1. The SMILES string of the molecule is CNc1cccc(Cl)c1.COc1cc2c(Oc3ccc4ncc(C=O)cc4c3)ccnc2cc1O. The van der Waals surface area contributed by atoms with Crippen LogP contribution in [0.1, 0.15) is 10.4 Å². The number of carbonyl (C=O) groups is 1. The first-order valence-corrected chi connectivity index (χ1v) is 11.0. The number of nitrogens with one attached hydrogen (secondary N) is 1. The number of rotatable bonds is 5. The summed E-state index contributed by atoms with van der Waals surface area (Å²) in [6, 6.07) is 19.8. The van der Waals surface area contributed by atoms with E-state index < -0.39 is 0 Å². The molecule has 0 atom stereocenters. The van der Waals surface area contributed by atoms with Crippen LogP contribution in [-0.2, 0) is 0 Å². The van der Waals surface area contributed by atoms with Gasteiger partial charge in [0.2, 0.25) is 0 Å². The summed E-state index contributed by atoms with van der Waals surface area (Å²) in [6.45, 7) is 0. The Morgan fingerprint density at radius 2 is 1.83 bits per heavy atom. The van der Waals surface area contributed by atoms with E-state index in [1.54, 1.807) is 30.5 Å². The molecule has 0 bridgehead atoms. The number of fused-ring (bicyclic) bond motifs is 2. The van der Waals surface area contributed by atoms with Gasteiger partial charge in [0.15, 0.2) is 17.8 Å². The normalized spacial score (nSPS) is 10.4. The molecule has 8 heteroatoms. The van der Waals surface area contributed by atoms with Crippen molar-refractivity contribution in [1.29, 1.82) is 0 Å². The Morgan fingerprint density at radius 3 is 2.54 bits per heavy atom. The number of carbonyl (C=O) groups excluding carboxylic acids is 1. The summed E-state index contributed by atoms with van der Waals surface area (Å²) >= 11 is 5.68. The van der Waals surface area contributed by atoms with Crippen LogP contribution in [0.2, 0.25) is 5.02 Å². The van der Waals surface area contributed by atoms with Gasteiger partial charge in [-0.25, -0.2) is 0 Å². The molecule has 0 spiro atoms. The molecule has 2 N–H and O–H groups in total. The van der Waals surface area contributed by atoms with Crippen molar-refractivity contribution in [1.82, 2.24) is 9.97 Å². The number of phenols is 1. The van der Waals surface area contributed by atoms with Gasteiger partial charge in [-0.05, 0) is 54.6 Å². The molecule has 5 aromatic rings. The number of anilines is 1. The Hall–Kier alpha value is -4.36. The van der Waals surface area contributed by atoms with Crippen LogP contribution < -0.4 is 14.8 Å². The van der Waals surface area contributed by atoms with Crippen LogP contribution in [0.25, 0.3) is 21.8 Å². The molecule has 176 valence electrons. The Morgan fingerprint density at radius 1 is 0.971 bits per heavy atom. The van der Waals surface area contributed by atoms with E-state index in [0.717, 1.165) is 27.9 Å². The van der Waals surface area contributed by atoms with Crippen molar-refractivity contribution in [3.8, 4) is 23.0 Å². The molecule has 0 saturated heterocycles. The van der Waals surface area contributed by atoms with Crippen molar-refractivity contribution in [2.75, 3.05) is 19.5 Å². The largest absolute Gasteiger partial charge is 0.504 e. The summed E-state index contributed by atoms with van der Waals surface area (Å²) in [6.07, 6.45) is 3.90. The van der Waals surface area contributed by atoms with Gasteiger partial charge in [-0.2, -0.15) is 0 Å². The van der Waals surface area contributed by atoms with Gasteiger partial charge in [0.1, 0.15) is 11.5 Å². The third-order valence-corrected chi connectivity index (χ3v) is 5.39. The number of hydrogen-bond acceptors (Lipinski definition) is 7. The molecule has 3 aromatic carbocycles. The Kier molecular flexibility index (Phi) is 7.28.